The average molecular weight is 207 g/mol. The third-order valence-corrected chi connectivity index (χ3v) is 1.86. The second-order valence-corrected chi connectivity index (χ2v) is 3.02. The zero-order valence-electron chi connectivity index (χ0n) is 7.80. The van der Waals surface area contributed by atoms with Crippen molar-refractivity contribution in [1.82, 2.24) is 9.78 Å². The van der Waals surface area contributed by atoms with Crippen LogP contribution < -0.4 is 5.73 Å². The zero-order valence-corrected chi connectivity index (χ0v) is 7.80. The first-order valence-electron chi connectivity index (χ1n) is 4.35. The van der Waals surface area contributed by atoms with Crippen molar-refractivity contribution in [2.75, 3.05) is 5.73 Å². The number of aromatic nitrogens is 2. The molecule has 3 nitrogen and oxygen atoms in total. The number of rotatable bonds is 3. The molecule has 0 bridgehead atoms. The van der Waals surface area contributed by atoms with Gasteiger partial charge in [-0.1, -0.05) is 13.3 Å². The maximum atomic E-state index is 12.4. The highest BCUT2D eigenvalue weighted by Crippen LogP contribution is 2.33. The molecule has 80 valence electrons. The first kappa shape index (κ1) is 10.9. The molecule has 0 aliphatic rings. The minimum atomic E-state index is -4.42. The second kappa shape index (κ2) is 3.89. The van der Waals surface area contributed by atoms with Crippen molar-refractivity contribution >= 4 is 5.69 Å². The smallest absolute Gasteiger partial charge is 0.396 e. The fourth-order valence-electron chi connectivity index (χ4n) is 1.19. The number of alkyl halides is 3. The van der Waals surface area contributed by atoms with Gasteiger partial charge < -0.3 is 5.73 Å². The van der Waals surface area contributed by atoms with E-state index < -0.39 is 11.9 Å². The second-order valence-electron chi connectivity index (χ2n) is 3.02. The van der Waals surface area contributed by atoms with E-state index in [0.717, 1.165) is 17.3 Å². The summed E-state index contributed by atoms with van der Waals surface area (Å²) in [7, 11) is 0. The summed E-state index contributed by atoms with van der Waals surface area (Å²) < 4.78 is 38.2. The Hall–Kier alpha value is -1.20. The molecule has 0 fully saturated rings. The summed E-state index contributed by atoms with van der Waals surface area (Å²) in [5.41, 5.74) is 4.04. The van der Waals surface area contributed by atoms with E-state index >= 15 is 0 Å². The lowest BCUT2D eigenvalue weighted by Crippen LogP contribution is -2.16. The SMILES string of the molecule is CCCCn1ncc(N)c1C(F)(F)F. The van der Waals surface area contributed by atoms with Gasteiger partial charge in [0, 0.05) is 6.54 Å². The van der Waals surface area contributed by atoms with Crippen LogP contribution in [0.2, 0.25) is 0 Å². The molecule has 1 aromatic rings. The van der Waals surface area contributed by atoms with Gasteiger partial charge in [-0.25, -0.2) is 0 Å². The number of nitrogen functional groups attached to an aromatic ring is 1. The van der Waals surface area contributed by atoms with Crippen LogP contribution in [-0.2, 0) is 12.7 Å². The molecule has 1 heterocycles. The van der Waals surface area contributed by atoms with Crippen molar-refractivity contribution < 1.29 is 13.2 Å². The van der Waals surface area contributed by atoms with E-state index in [2.05, 4.69) is 5.10 Å². The first-order chi connectivity index (χ1) is 6.46. The number of unbranched alkanes of at least 4 members (excludes halogenated alkanes) is 1. The van der Waals surface area contributed by atoms with E-state index in [1.54, 1.807) is 0 Å². The quantitative estimate of drug-likeness (QED) is 0.826. The summed E-state index contributed by atoms with van der Waals surface area (Å²) in [5.74, 6) is 0. The van der Waals surface area contributed by atoms with E-state index in [0.29, 0.717) is 6.42 Å². The molecule has 6 heteroatoms. The van der Waals surface area contributed by atoms with Crippen LogP contribution in [0.4, 0.5) is 18.9 Å². The van der Waals surface area contributed by atoms with E-state index in [9.17, 15) is 13.2 Å². The largest absolute Gasteiger partial charge is 0.435 e. The number of hydrogen-bond acceptors (Lipinski definition) is 2. The Morgan fingerprint density at radius 3 is 2.64 bits per heavy atom. The van der Waals surface area contributed by atoms with Gasteiger partial charge in [0.05, 0.1) is 11.9 Å². The number of nitrogens with zero attached hydrogens (tertiary/aromatic N) is 2. The van der Waals surface area contributed by atoms with Crippen LogP contribution in [0, 0.1) is 0 Å². The number of aryl methyl sites for hydroxylation is 1. The molecule has 1 rings (SSSR count). The van der Waals surface area contributed by atoms with Gasteiger partial charge in [0.2, 0.25) is 0 Å². The number of anilines is 1. The summed E-state index contributed by atoms with van der Waals surface area (Å²) in [6, 6.07) is 0. The predicted octanol–water partition coefficient (Wildman–Crippen LogP) is 2.28. The van der Waals surface area contributed by atoms with Gasteiger partial charge in [-0.15, -0.1) is 0 Å². The summed E-state index contributed by atoms with van der Waals surface area (Å²) in [4.78, 5) is 0. The predicted molar refractivity (Wildman–Crippen MR) is 46.5 cm³/mol. The van der Waals surface area contributed by atoms with Gasteiger partial charge in [0.1, 0.15) is 0 Å². The van der Waals surface area contributed by atoms with Crippen molar-refractivity contribution in [1.29, 1.82) is 0 Å². The van der Waals surface area contributed by atoms with E-state index in [4.69, 9.17) is 5.73 Å². The monoisotopic (exact) mass is 207 g/mol. The van der Waals surface area contributed by atoms with Gasteiger partial charge >= 0.3 is 6.18 Å². The van der Waals surface area contributed by atoms with Gasteiger partial charge in [0.15, 0.2) is 5.69 Å². The van der Waals surface area contributed by atoms with E-state index in [1.807, 2.05) is 6.92 Å². The molecule has 0 aliphatic carbocycles. The number of nitrogens with two attached hydrogens (primary N) is 1. The number of halogens is 3. The molecule has 0 aliphatic heterocycles. The van der Waals surface area contributed by atoms with Crippen molar-refractivity contribution in [3.05, 3.63) is 11.9 Å². The molecule has 0 radical (unpaired) electrons. The molecule has 14 heavy (non-hydrogen) atoms. The Bertz CT molecular complexity index is 303. The molecule has 0 aromatic carbocycles. The normalized spacial score (nSPS) is 12.0. The Balaban J connectivity index is 2.95. The van der Waals surface area contributed by atoms with Gasteiger partial charge in [-0.2, -0.15) is 18.3 Å². The van der Waals surface area contributed by atoms with Crippen molar-refractivity contribution in [2.45, 2.75) is 32.5 Å². The zero-order chi connectivity index (χ0) is 10.8. The molecule has 0 saturated heterocycles. The van der Waals surface area contributed by atoms with Crippen molar-refractivity contribution in [3.63, 3.8) is 0 Å². The Morgan fingerprint density at radius 2 is 2.14 bits per heavy atom. The highest BCUT2D eigenvalue weighted by Gasteiger charge is 2.37. The molecule has 2 N–H and O–H groups in total. The summed E-state index contributed by atoms with van der Waals surface area (Å²) in [6.45, 7) is 2.16. The summed E-state index contributed by atoms with van der Waals surface area (Å²) in [6.07, 6.45) is -1.91. The average Bonchev–Trinajstić information content (AvgIpc) is 2.42. The van der Waals surface area contributed by atoms with Crippen LogP contribution in [0.1, 0.15) is 25.5 Å². The topological polar surface area (TPSA) is 43.8 Å². The maximum Gasteiger partial charge on any atom is 0.435 e. The third-order valence-electron chi connectivity index (χ3n) is 1.86. The van der Waals surface area contributed by atoms with Crippen LogP contribution in [-0.4, -0.2) is 9.78 Å². The number of hydrogen-bond donors (Lipinski definition) is 1. The molecule has 0 atom stereocenters. The van der Waals surface area contributed by atoms with Gasteiger partial charge in [-0.3, -0.25) is 4.68 Å². The van der Waals surface area contributed by atoms with Crippen LogP contribution in [0.25, 0.3) is 0 Å². The van der Waals surface area contributed by atoms with Crippen LogP contribution in [0.3, 0.4) is 0 Å². The molecular weight excluding hydrogens is 195 g/mol. The first-order valence-corrected chi connectivity index (χ1v) is 4.35. The fraction of sp³-hybridized carbons (Fsp3) is 0.625. The lowest BCUT2D eigenvalue weighted by Gasteiger charge is -2.10. The molecular formula is C8H12F3N3. The molecule has 0 spiro atoms. The van der Waals surface area contributed by atoms with Crippen LogP contribution >= 0.6 is 0 Å². The maximum absolute atomic E-state index is 12.4. The van der Waals surface area contributed by atoms with Crippen molar-refractivity contribution in [3.8, 4) is 0 Å². The highest BCUT2D eigenvalue weighted by molar-refractivity contribution is 5.42. The van der Waals surface area contributed by atoms with Gasteiger partial charge in [0.25, 0.3) is 0 Å². The molecule has 1 aromatic heterocycles. The van der Waals surface area contributed by atoms with Crippen LogP contribution in [0.5, 0.6) is 0 Å². The fourth-order valence-corrected chi connectivity index (χ4v) is 1.19. The lowest BCUT2D eigenvalue weighted by molar-refractivity contribution is -0.143. The molecule has 0 saturated carbocycles. The minimum absolute atomic E-state index is 0.253. The van der Waals surface area contributed by atoms with Crippen LogP contribution in [0.15, 0.2) is 6.20 Å². The minimum Gasteiger partial charge on any atom is -0.396 e. The highest BCUT2D eigenvalue weighted by atomic mass is 19.4. The molecule has 0 amide bonds. The summed E-state index contributed by atoms with van der Waals surface area (Å²) in [5, 5.41) is 3.59. The summed E-state index contributed by atoms with van der Waals surface area (Å²) >= 11 is 0. The Morgan fingerprint density at radius 1 is 1.50 bits per heavy atom. The van der Waals surface area contributed by atoms with E-state index in [-0.39, 0.29) is 12.2 Å². The standard InChI is InChI=1S/C8H12F3N3/c1-2-3-4-14-7(8(9,10)11)6(12)5-13-14/h5H,2-4,12H2,1H3. The third kappa shape index (κ3) is 2.18. The Labute approximate surface area is 79.7 Å². The van der Waals surface area contributed by atoms with Crippen molar-refractivity contribution in [2.24, 2.45) is 0 Å². The lowest BCUT2D eigenvalue weighted by atomic mass is 10.3. The van der Waals surface area contributed by atoms with Gasteiger partial charge in [-0.05, 0) is 6.42 Å². The molecule has 0 unspecified atom stereocenters. The van der Waals surface area contributed by atoms with E-state index in [1.165, 1.54) is 0 Å². The Kier molecular flexibility index (Phi) is 3.03.